The number of guanidine groups is 1. The molecular formula is C25H28Cl2F3N5O3. The number of aryl methyl sites for hydroxylation is 1. The number of carbonyl (C=O) groups is 2. The molecule has 0 unspecified atom stereocenters. The van der Waals surface area contributed by atoms with Gasteiger partial charge < -0.3 is 15.4 Å². The van der Waals surface area contributed by atoms with Gasteiger partial charge in [-0.2, -0.15) is 13.2 Å². The molecule has 4 rings (SSSR count). The van der Waals surface area contributed by atoms with Gasteiger partial charge in [0.2, 0.25) is 5.91 Å². The van der Waals surface area contributed by atoms with Crippen molar-refractivity contribution in [1.82, 2.24) is 15.2 Å². The SMILES string of the molecule is Cc1nccc(C(F)(F)F)c1C(=O)Nc1cccc([C@]2(C)CC(=O)N([C@@H]3CCO[C@H](C)C3)C(=N)N2)c1Cl.Cl. The number of rotatable bonds is 4. The van der Waals surface area contributed by atoms with E-state index >= 15 is 0 Å². The van der Waals surface area contributed by atoms with Crippen molar-refractivity contribution >= 4 is 47.5 Å². The highest BCUT2D eigenvalue weighted by Gasteiger charge is 2.44. The van der Waals surface area contributed by atoms with Crippen molar-refractivity contribution in [3.63, 3.8) is 0 Å². The van der Waals surface area contributed by atoms with Crippen LogP contribution in [0.5, 0.6) is 0 Å². The minimum absolute atomic E-state index is 0. The summed E-state index contributed by atoms with van der Waals surface area (Å²) in [5.41, 5.74) is -2.38. The Kier molecular flexibility index (Phi) is 8.64. The summed E-state index contributed by atoms with van der Waals surface area (Å²) in [7, 11) is 0. The molecule has 0 bridgehead atoms. The van der Waals surface area contributed by atoms with Crippen LogP contribution < -0.4 is 10.6 Å². The zero-order valence-corrected chi connectivity index (χ0v) is 22.5. The summed E-state index contributed by atoms with van der Waals surface area (Å²) in [6.07, 6.45) is -2.56. The summed E-state index contributed by atoms with van der Waals surface area (Å²) >= 11 is 6.63. The molecule has 2 aliphatic heterocycles. The molecule has 2 fully saturated rings. The van der Waals surface area contributed by atoms with E-state index in [1.165, 1.54) is 17.9 Å². The average Bonchev–Trinajstić information content (AvgIpc) is 2.79. The number of aromatic nitrogens is 1. The molecule has 1 aromatic carbocycles. The normalized spacial score (nSPS) is 23.9. The number of nitrogens with zero attached hydrogens (tertiary/aromatic N) is 2. The number of pyridine rings is 1. The lowest BCUT2D eigenvalue weighted by atomic mass is 9.85. The Balaban J connectivity index is 0.00000400. The van der Waals surface area contributed by atoms with E-state index < -0.39 is 28.7 Å². The highest BCUT2D eigenvalue weighted by atomic mass is 35.5. The fraction of sp³-hybridized carbons (Fsp3) is 0.440. The number of carbonyl (C=O) groups excluding carboxylic acids is 2. The second-order valence-corrected chi connectivity index (χ2v) is 9.92. The Bertz CT molecular complexity index is 1240. The van der Waals surface area contributed by atoms with Crippen LogP contribution in [0.15, 0.2) is 30.5 Å². The van der Waals surface area contributed by atoms with Crippen molar-refractivity contribution in [3.05, 3.63) is 57.9 Å². The van der Waals surface area contributed by atoms with E-state index in [1.54, 1.807) is 19.1 Å². The van der Waals surface area contributed by atoms with Crippen LogP contribution in [-0.4, -0.2) is 46.4 Å². The molecule has 13 heteroatoms. The number of nitrogens with one attached hydrogen (secondary N) is 3. The minimum Gasteiger partial charge on any atom is -0.378 e. The van der Waals surface area contributed by atoms with E-state index in [2.05, 4.69) is 15.6 Å². The molecule has 8 nitrogen and oxygen atoms in total. The van der Waals surface area contributed by atoms with Crippen LogP contribution in [0.4, 0.5) is 18.9 Å². The number of anilines is 1. The van der Waals surface area contributed by atoms with Gasteiger partial charge in [-0.3, -0.25) is 24.9 Å². The first kappa shape index (κ1) is 29.7. The number of halogens is 5. The first-order valence-electron chi connectivity index (χ1n) is 11.8. The second kappa shape index (κ2) is 11.1. The van der Waals surface area contributed by atoms with Gasteiger partial charge in [-0.05, 0) is 51.3 Å². The van der Waals surface area contributed by atoms with E-state index in [1.807, 2.05) is 6.92 Å². The van der Waals surface area contributed by atoms with E-state index in [0.29, 0.717) is 25.0 Å². The van der Waals surface area contributed by atoms with Crippen molar-refractivity contribution in [2.45, 2.75) is 63.9 Å². The topological polar surface area (TPSA) is 107 Å². The fourth-order valence-electron chi connectivity index (χ4n) is 4.96. The molecule has 3 heterocycles. The van der Waals surface area contributed by atoms with Gasteiger partial charge in [-0.15, -0.1) is 12.4 Å². The first-order chi connectivity index (χ1) is 17.3. The quantitative estimate of drug-likeness (QED) is 0.461. The average molecular weight is 574 g/mol. The van der Waals surface area contributed by atoms with Gasteiger partial charge in [0.15, 0.2) is 5.96 Å². The van der Waals surface area contributed by atoms with Gasteiger partial charge in [0.05, 0.1) is 45.6 Å². The maximum atomic E-state index is 13.5. The summed E-state index contributed by atoms with van der Waals surface area (Å²) in [6.45, 7) is 5.45. The van der Waals surface area contributed by atoms with Gasteiger partial charge in [0.25, 0.3) is 5.91 Å². The summed E-state index contributed by atoms with van der Waals surface area (Å²) in [4.78, 5) is 31.4. The van der Waals surface area contributed by atoms with Crippen LogP contribution in [0, 0.1) is 12.3 Å². The minimum atomic E-state index is -4.75. The molecule has 0 radical (unpaired) electrons. The molecule has 0 saturated carbocycles. The molecule has 3 N–H and O–H groups in total. The maximum Gasteiger partial charge on any atom is 0.417 e. The Morgan fingerprint density at radius 3 is 2.68 bits per heavy atom. The predicted octanol–water partition coefficient (Wildman–Crippen LogP) is 5.28. The third kappa shape index (κ3) is 5.74. The lowest BCUT2D eigenvalue weighted by molar-refractivity contribution is -0.138. The van der Waals surface area contributed by atoms with Gasteiger partial charge in [0, 0.05) is 18.8 Å². The molecule has 38 heavy (non-hydrogen) atoms. The van der Waals surface area contributed by atoms with Crippen molar-refractivity contribution in [1.29, 1.82) is 5.41 Å². The third-order valence-corrected chi connectivity index (χ3v) is 7.15. The van der Waals surface area contributed by atoms with E-state index in [4.69, 9.17) is 21.7 Å². The molecule has 2 amide bonds. The molecule has 1 aromatic heterocycles. The van der Waals surface area contributed by atoms with Gasteiger partial charge in [-0.25, -0.2) is 0 Å². The number of amides is 2. The molecule has 3 atom stereocenters. The smallest absolute Gasteiger partial charge is 0.378 e. The summed E-state index contributed by atoms with van der Waals surface area (Å²) in [5, 5.41) is 14.2. The number of alkyl halides is 3. The Hall–Kier alpha value is -2.89. The summed E-state index contributed by atoms with van der Waals surface area (Å²) in [6, 6.07) is 5.26. The first-order valence-corrected chi connectivity index (χ1v) is 12.1. The molecular weight excluding hydrogens is 546 g/mol. The maximum absolute atomic E-state index is 13.5. The van der Waals surface area contributed by atoms with E-state index in [-0.39, 0.29) is 59.2 Å². The van der Waals surface area contributed by atoms with Crippen molar-refractivity contribution in [2.75, 3.05) is 11.9 Å². The van der Waals surface area contributed by atoms with Crippen LogP contribution in [0.2, 0.25) is 5.02 Å². The van der Waals surface area contributed by atoms with Gasteiger partial charge >= 0.3 is 6.18 Å². The zero-order chi connectivity index (χ0) is 27.1. The Labute approximate surface area is 229 Å². The van der Waals surface area contributed by atoms with Gasteiger partial charge in [0.1, 0.15) is 0 Å². The molecule has 0 spiro atoms. The van der Waals surface area contributed by atoms with E-state index in [9.17, 15) is 22.8 Å². The van der Waals surface area contributed by atoms with Crippen LogP contribution in [-0.2, 0) is 21.2 Å². The molecule has 0 aliphatic carbocycles. The van der Waals surface area contributed by atoms with Gasteiger partial charge in [-0.1, -0.05) is 23.7 Å². The van der Waals surface area contributed by atoms with E-state index in [0.717, 1.165) is 12.3 Å². The molecule has 2 saturated heterocycles. The Morgan fingerprint density at radius 1 is 1.34 bits per heavy atom. The third-order valence-electron chi connectivity index (χ3n) is 6.75. The second-order valence-electron chi connectivity index (χ2n) is 9.54. The van der Waals surface area contributed by atoms with Crippen LogP contribution in [0.25, 0.3) is 0 Å². The van der Waals surface area contributed by atoms with Crippen molar-refractivity contribution in [2.24, 2.45) is 0 Å². The zero-order valence-electron chi connectivity index (χ0n) is 20.9. The lowest BCUT2D eigenvalue weighted by Crippen LogP contribution is -2.63. The van der Waals surface area contributed by atoms with Crippen molar-refractivity contribution < 1.29 is 27.5 Å². The van der Waals surface area contributed by atoms with Crippen LogP contribution >= 0.6 is 24.0 Å². The number of hydrogen-bond acceptors (Lipinski definition) is 5. The number of hydrogen-bond donors (Lipinski definition) is 3. The highest BCUT2D eigenvalue weighted by Crippen LogP contribution is 2.39. The summed E-state index contributed by atoms with van der Waals surface area (Å²) < 4.78 is 46.1. The fourth-order valence-corrected chi connectivity index (χ4v) is 5.35. The molecule has 206 valence electrons. The number of benzene rings is 1. The largest absolute Gasteiger partial charge is 0.417 e. The molecule has 2 aromatic rings. The summed E-state index contributed by atoms with van der Waals surface area (Å²) in [5.74, 6) is -1.33. The highest BCUT2D eigenvalue weighted by molar-refractivity contribution is 6.35. The molecule has 2 aliphatic rings. The predicted molar refractivity (Wildman–Crippen MR) is 139 cm³/mol. The lowest BCUT2D eigenvalue weighted by Gasteiger charge is -2.45. The Morgan fingerprint density at radius 2 is 2.05 bits per heavy atom. The van der Waals surface area contributed by atoms with Crippen LogP contribution in [0.1, 0.15) is 60.3 Å². The van der Waals surface area contributed by atoms with Crippen LogP contribution in [0.3, 0.4) is 0 Å². The standard InChI is InChI=1S/C25H27ClF3N5O3.ClH/c1-13-11-15(8-10-37-13)34-19(35)12-24(3,33-23(34)30)17-5-4-6-18(21(17)26)32-22(36)20-14(2)31-9-7-16(20)25(27,28)29;/h4-7,9,13,15H,8,10-12H2,1-3H3,(H2,30,33)(H,32,36);1H/t13-,15-,24+;/m1./s1. The van der Waals surface area contributed by atoms with Crippen molar-refractivity contribution in [3.8, 4) is 0 Å². The number of ether oxygens (including phenoxy) is 1. The monoisotopic (exact) mass is 573 g/mol.